The van der Waals surface area contributed by atoms with Crippen LogP contribution in [0, 0.1) is 6.92 Å². The predicted octanol–water partition coefficient (Wildman–Crippen LogP) is -0.0718. The molecular formula is C9H14N6. The second-order valence-electron chi connectivity index (χ2n) is 3.43. The van der Waals surface area contributed by atoms with E-state index in [-0.39, 0.29) is 0 Å². The van der Waals surface area contributed by atoms with Crippen LogP contribution in [0.1, 0.15) is 22.9 Å². The lowest BCUT2D eigenvalue weighted by atomic mass is 10.1. The van der Waals surface area contributed by atoms with Gasteiger partial charge in [-0.1, -0.05) is 0 Å². The van der Waals surface area contributed by atoms with Crippen molar-refractivity contribution in [1.29, 1.82) is 0 Å². The van der Waals surface area contributed by atoms with E-state index in [9.17, 15) is 0 Å². The molecule has 0 bridgehead atoms. The van der Waals surface area contributed by atoms with E-state index in [1.54, 1.807) is 6.20 Å². The molecule has 2 aromatic rings. The fourth-order valence-electron chi connectivity index (χ4n) is 1.49. The minimum Gasteiger partial charge on any atom is -0.330 e. The minimum absolute atomic E-state index is 0.613. The number of nitrogens with two attached hydrogens (primary N) is 1. The van der Waals surface area contributed by atoms with Crippen molar-refractivity contribution in [2.45, 2.75) is 19.8 Å². The van der Waals surface area contributed by atoms with Gasteiger partial charge in [0.05, 0.1) is 6.20 Å². The predicted molar refractivity (Wildman–Crippen MR) is 55.3 cm³/mol. The average molecular weight is 206 g/mol. The van der Waals surface area contributed by atoms with Crippen molar-refractivity contribution in [1.82, 2.24) is 25.4 Å². The normalized spacial score (nSPS) is 10.8. The molecule has 80 valence electrons. The largest absolute Gasteiger partial charge is 0.330 e. The van der Waals surface area contributed by atoms with Crippen LogP contribution in [0.2, 0.25) is 0 Å². The van der Waals surface area contributed by atoms with Crippen molar-refractivity contribution in [3.05, 3.63) is 29.1 Å². The molecule has 0 fully saturated rings. The Kier molecular flexibility index (Phi) is 2.77. The van der Waals surface area contributed by atoms with E-state index in [0.29, 0.717) is 13.0 Å². The van der Waals surface area contributed by atoms with Crippen molar-refractivity contribution in [2.24, 2.45) is 5.73 Å². The number of aromatic nitrogens is 5. The first-order chi connectivity index (χ1) is 7.29. The fourth-order valence-corrected chi connectivity index (χ4v) is 1.49. The van der Waals surface area contributed by atoms with E-state index in [4.69, 9.17) is 5.73 Å². The molecule has 15 heavy (non-hydrogen) atoms. The molecule has 0 aromatic carbocycles. The van der Waals surface area contributed by atoms with Crippen LogP contribution in [0.4, 0.5) is 0 Å². The Morgan fingerprint density at radius 2 is 2.27 bits per heavy atom. The zero-order valence-electron chi connectivity index (χ0n) is 8.62. The Hall–Kier alpha value is -1.69. The van der Waals surface area contributed by atoms with Gasteiger partial charge >= 0.3 is 0 Å². The summed E-state index contributed by atoms with van der Waals surface area (Å²) in [6.07, 6.45) is 3.30. The van der Waals surface area contributed by atoms with E-state index in [2.05, 4.69) is 25.4 Å². The van der Waals surface area contributed by atoms with Gasteiger partial charge in [-0.25, -0.2) is 4.98 Å². The molecule has 0 aliphatic heterocycles. The summed E-state index contributed by atoms with van der Waals surface area (Å²) in [5.41, 5.74) is 7.68. The number of hydrogen-bond donors (Lipinski definition) is 3. The molecule has 2 aromatic heterocycles. The Bertz CT molecular complexity index is 429. The third kappa shape index (κ3) is 2.21. The molecule has 2 heterocycles. The maximum atomic E-state index is 5.50. The lowest BCUT2D eigenvalue weighted by Crippen LogP contribution is -2.05. The van der Waals surface area contributed by atoms with Crippen molar-refractivity contribution in [2.75, 3.05) is 6.54 Å². The molecule has 6 heteroatoms. The van der Waals surface area contributed by atoms with Crippen LogP contribution in [0.3, 0.4) is 0 Å². The van der Waals surface area contributed by atoms with Crippen LogP contribution in [0.15, 0.2) is 6.20 Å². The summed E-state index contributed by atoms with van der Waals surface area (Å²) in [4.78, 5) is 4.25. The maximum Gasteiger partial charge on any atom is 0.155 e. The molecule has 0 atom stereocenters. The van der Waals surface area contributed by atoms with E-state index < -0.39 is 0 Å². The number of nitrogens with zero attached hydrogens (tertiary/aromatic N) is 3. The summed E-state index contributed by atoms with van der Waals surface area (Å²) >= 11 is 0. The van der Waals surface area contributed by atoms with Crippen LogP contribution in [0.5, 0.6) is 0 Å². The Balaban J connectivity index is 2.13. The smallest absolute Gasteiger partial charge is 0.155 e. The first-order valence-corrected chi connectivity index (χ1v) is 4.88. The quantitative estimate of drug-likeness (QED) is 0.652. The summed E-state index contributed by atoms with van der Waals surface area (Å²) < 4.78 is 0. The maximum absolute atomic E-state index is 5.50. The van der Waals surface area contributed by atoms with Crippen LogP contribution >= 0.6 is 0 Å². The van der Waals surface area contributed by atoms with Gasteiger partial charge in [0.25, 0.3) is 0 Å². The number of aromatic amines is 2. The van der Waals surface area contributed by atoms with Gasteiger partial charge in [-0.3, -0.25) is 10.2 Å². The lowest BCUT2D eigenvalue weighted by Gasteiger charge is -1.97. The Morgan fingerprint density at radius 3 is 2.93 bits per heavy atom. The first-order valence-electron chi connectivity index (χ1n) is 4.88. The highest BCUT2D eigenvalue weighted by Crippen LogP contribution is 2.09. The van der Waals surface area contributed by atoms with Gasteiger partial charge in [0.2, 0.25) is 0 Å². The zero-order valence-corrected chi connectivity index (χ0v) is 8.62. The van der Waals surface area contributed by atoms with Crippen molar-refractivity contribution >= 4 is 0 Å². The second kappa shape index (κ2) is 4.22. The highest BCUT2D eigenvalue weighted by atomic mass is 15.2. The van der Waals surface area contributed by atoms with E-state index in [1.165, 1.54) is 0 Å². The summed E-state index contributed by atoms with van der Waals surface area (Å²) in [6.45, 7) is 2.49. The molecule has 0 saturated carbocycles. The SMILES string of the molecule is Cc1nc(Cc2cn[nH]c2CCN)n[nH]1. The molecule has 0 radical (unpaired) electrons. The van der Waals surface area contributed by atoms with Gasteiger partial charge in [0.1, 0.15) is 5.82 Å². The highest BCUT2D eigenvalue weighted by molar-refractivity contribution is 5.20. The Morgan fingerprint density at radius 1 is 1.40 bits per heavy atom. The topological polar surface area (TPSA) is 96.3 Å². The first kappa shape index (κ1) is 9.85. The van der Waals surface area contributed by atoms with Crippen molar-refractivity contribution in [3.8, 4) is 0 Å². The molecule has 0 amide bonds. The van der Waals surface area contributed by atoms with Gasteiger partial charge in [0, 0.05) is 24.1 Å². The third-order valence-corrected chi connectivity index (χ3v) is 2.19. The van der Waals surface area contributed by atoms with E-state index >= 15 is 0 Å². The third-order valence-electron chi connectivity index (χ3n) is 2.19. The van der Waals surface area contributed by atoms with Gasteiger partial charge in [-0.15, -0.1) is 0 Å². The van der Waals surface area contributed by atoms with Crippen LogP contribution in [-0.4, -0.2) is 31.9 Å². The number of hydrogen-bond acceptors (Lipinski definition) is 4. The van der Waals surface area contributed by atoms with Crippen LogP contribution in [0.25, 0.3) is 0 Å². The minimum atomic E-state index is 0.613. The van der Waals surface area contributed by atoms with Crippen molar-refractivity contribution in [3.63, 3.8) is 0 Å². The Labute approximate surface area is 87.3 Å². The standard InChI is InChI=1S/C9H14N6/c1-6-12-9(15-13-6)4-7-5-11-14-8(7)2-3-10/h5H,2-4,10H2,1H3,(H,11,14)(H,12,13,15). The lowest BCUT2D eigenvalue weighted by molar-refractivity contribution is 0.880. The van der Waals surface area contributed by atoms with E-state index in [0.717, 1.165) is 29.3 Å². The number of H-pyrrole nitrogens is 2. The van der Waals surface area contributed by atoms with Gasteiger partial charge in [-0.05, 0) is 13.5 Å². The van der Waals surface area contributed by atoms with Crippen LogP contribution < -0.4 is 5.73 Å². The summed E-state index contributed by atoms with van der Waals surface area (Å²) in [7, 11) is 0. The molecule has 0 aliphatic rings. The molecule has 0 aliphatic carbocycles. The van der Waals surface area contributed by atoms with Crippen LogP contribution in [-0.2, 0) is 12.8 Å². The average Bonchev–Trinajstić information content (AvgIpc) is 2.78. The molecule has 6 nitrogen and oxygen atoms in total. The van der Waals surface area contributed by atoms with E-state index in [1.807, 2.05) is 6.92 Å². The number of aryl methyl sites for hydroxylation is 1. The van der Waals surface area contributed by atoms with Crippen molar-refractivity contribution < 1.29 is 0 Å². The monoisotopic (exact) mass is 206 g/mol. The van der Waals surface area contributed by atoms with Gasteiger partial charge in [-0.2, -0.15) is 10.2 Å². The second-order valence-corrected chi connectivity index (χ2v) is 3.43. The molecule has 0 spiro atoms. The molecule has 2 rings (SSSR count). The van der Waals surface area contributed by atoms with Gasteiger partial charge < -0.3 is 5.73 Å². The summed E-state index contributed by atoms with van der Waals surface area (Å²) in [5.74, 6) is 1.61. The molecular weight excluding hydrogens is 192 g/mol. The highest BCUT2D eigenvalue weighted by Gasteiger charge is 2.08. The fraction of sp³-hybridized carbons (Fsp3) is 0.444. The summed E-state index contributed by atoms with van der Waals surface area (Å²) in [6, 6.07) is 0. The molecule has 0 saturated heterocycles. The summed E-state index contributed by atoms with van der Waals surface area (Å²) in [5, 5.41) is 13.8. The number of rotatable bonds is 4. The zero-order chi connectivity index (χ0) is 10.7. The molecule has 0 unspecified atom stereocenters. The molecule has 4 N–H and O–H groups in total. The van der Waals surface area contributed by atoms with Gasteiger partial charge in [0.15, 0.2) is 5.82 Å². The number of nitrogens with one attached hydrogen (secondary N) is 2.